The van der Waals surface area contributed by atoms with Crippen LogP contribution in [-0.2, 0) is 0 Å². The van der Waals surface area contributed by atoms with Gasteiger partial charge in [0.2, 0.25) is 0 Å². The molecule has 1 fully saturated rings. The van der Waals surface area contributed by atoms with Crippen LogP contribution in [0.5, 0.6) is 0 Å². The fourth-order valence-corrected chi connectivity index (χ4v) is 2.17. The lowest BCUT2D eigenvalue weighted by molar-refractivity contribution is 0.313. The molecule has 0 radical (unpaired) electrons. The van der Waals surface area contributed by atoms with Crippen LogP contribution < -0.4 is 11.1 Å². The van der Waals surface area contributed by atoms with E-state index in [-0.39, 0.29) is 5.54 Å². The van der Waals surface area contributed by atoms with Crippen molar-refractivity contribution in [3.05, 3.63) is 0 Å². The number of rotatable bonds is 3. The molecule has 0 amide bonds. The number of nitrogens with one attached hydrogen (secondary N) is 1. The maximum Gasteiger partial charge on any atom is 0.0249 e. The van der Waals surface area contributed by atoms with Crippen LogP contribution in [0.4, 0.5) is 0 Å². The van der Waals surface area contributed by atoms with Crippen molar-refractivity contribution in [2.75, 3.05) is 6.54 Å². The summed E-state index contributed by atoms with van der Waals surface area (Å²) in [5.74, 6) is 0. The summed E-state index contributed by atoms with van der Waals surface area (Å²) in [6, 6.07) is 0.675. The van der Waals surface area contributed by atoms with Crippen molar-refractivity contribution in [3.63, 3.8) is 0 Å². The summed E-state index contributed by atoms with van der Waals surface area (Å²) in [7, 11) is 0. The van der Waals surface area contributed by atoms with Gasteiger partial charge in [-0.3, -0.25) is 0 Å². The Labute approximate surface area is 82.3 Å². The smallest absolute Gasteiger partial charge is 0.0249 e. The Morgan fingerprint density at radius 3 is 2.46 bits per heavy atom. The average Bonchev–Trinajstić information content (AvgIpc) is 2.29. The molecular weight excluding hydrogens is 160 g/mol. The monoisotopic (exact) mass is 184 g/mol. The van der Waals surface area contributed by atoms with Crippen molar-refractivity contribution in [1.82, 2.24) is 5.32 Å². The Balaban J connectivity index is 2.40. The highest BCUT2D eigenvalue weighted by molar-refractivity contribution is 4.91. The zero-order valence-corrected chi connectivity index (χ0v) is 9.48. The Morgan fingerprint density at radius 1 is 1.46 bits per heavy atom. The summed E-state index contributed by atoms with van der Waals surface area (Å²) < 4.78 is 0. The molecule has 13 heavy (non-hydrogen) atoms. The summed E-state index contributed by atoms with van der Waals surface area (Å²) in [5.41, 5.74) is 6.32. The van der Waals surface area contributed by atoms with E-state index in [2.05, 4.69) is 33.0 Å². The molecule has 0 spiro atoms. The molecule has 1 rings (SSSR count). The van der Waals surface area contributed by atoms with Gasteiger partial charge in [0, 0.05) is 18.1 Å². The van der Waals surface area contributed by atoms with Crippen LogP contribution in [0.1, 0.15) is 47.0 Å². The molecular formula is C11H24N2. The van der Waals surface area contributed by atoms with E-state index < -0.39 is 0 Å². The zero-order valence-electron chi connectivity index (χ0n) is 9.48. The largest absolute Gasteiger partial charge is 0.329 e. The minimum atomic E-state index is 0.102. The van der Waals surface area contributed by atoms with Gasteiger partial charge in [-0.15, -0.1) is 0 Å². The molecule has 0 aromatic rings. The van der Waals surface area contributed by atoms with E-state index in [1.54, 1.807) is 0 Å². The van der Waals surface area contributed by atoms with E-state index in [0.29, 0.717) is 18.0 Å². The average molecular weight is 184 g/mol. The highest BCUT2D eigenvalue weighted by Crippen LogP contribution is 2.37. The van der Waals surface area contributed by atoms with Gasteiger partial charge in [-0.2, -0.15) is 0 Å². The Bertz CT molecular complexity index is 173. The van der Waals surface area contributed by atoms with Crippen molar-refractivity contribution >= 4 is 0 Å². The molecule has 0 saturated heterocycles. The number of hydrogen-bond donors (Lipinski definition) is 2. The molecule has 0 aromatic heterocycles. The summed E-state index contributed by atoms with van der Waals surface area (Å²) in [6.07, 6.45) is 3.93. The highest BCUT2D eigenvalue weighted by atomic mass is 15.0. The maximum atomic E-state index is 5.69. The lowest BCUT2D eigenvalue weighted by Crippen LogP contribution is -2.50. The predicted octanol–water partition coefficient (Wildman–Crippen LogP) is 1.89. The van der Waals surface area contributed by atoms with Gasteiger partial charge in [0.15, 0.2) is 0 Å². The second kappa shape index (κ2) is 3.58. The molecule has 1 unspecified atom stereocenters. The SMILES string of the molecule is CC1(C)CCC(NC(C)(C)CN)C1. The number of hydrogen-bond acceptors (Lipinski definition) is 2. The first kappa shape index (κ1) is 11.0. The van der Waals surface area contributed by atoms with Crippen LogP contribution in [0.2, 0.25) is 0 Å². The van der Waals surface area contributed by atoms with Gasteiger partial charge < -0.3 is 11.1 Å². The van der Waals surface area contributed by atoms with Crippen LogP contribution in [0.25, 0.3) is 0 Å². The lowest BCUT2D eigenvalue weighted by atomic mass is 9.91. The van der Waals surface area contributed by atoms with Crippen molar-refractivity contribution in [2.24, 2.45) is 11.1 Å². The second-order valence-corrected chi connectivity index (χ2v) is 5.84. The van der Waals surface area contributed by atoms with E-state index in [1.165, 1.54) is 19.3 Å². The van der Waals surface area contributed by atoms with Gasteiger partial charge in [0.1, 0.15) is 0 Å². The van der Waals surface area contributed by atoms with Crippen molar-refractivity contribution in [2.45, 2.75) is 58.5 Å². The molecule has 2 nitrogen and oxygen atoms in total. The quantitative estimate of drug-likeness (QED) is 0.703. The van der Waals surface area contributed by atoms with Gasteiger partial charge in [-0.25, -0.2) is 0 Å². The topological polar surface area (TPSA) is 38.0 Å². The molecule has 1 aliphatic rings. The molecule has 0 aromatic carbocycles. The number of nitrogens with two attached hydrogens (primary N) is 1. The summed E-state index contributed by atoms with van der Waals surface area (Å²) in [6.45, 7) is 9.77. The van der Waals surface area contributed by atoms with E-state index >= 15 is 0 Å². The highest BCUT2D eigenvalue weighted by Gasteiger charge is 2.33. The zero-order chi connectivity index (χ0) is 10.1. The van der Waals surface area contributed by atoms with E-state index in [0.717, 1.165) is 0 Å². The third-order valence-electron chi connectivity index (χ3n) is 3.07. The summed E-state index contributed by atoms with van der Waals surface area (Å²) in [4.78, 5) is 0. The van der Waals surface area contributed by atoms with Crippen molar-refractivity contribution in [3.8, 4) is 0 Å². The third kappa shape index (κ3) is 3.28. The summed E-state index contributed by atoms with van der Waals surface area (Å²) in [5, 5.41) is 3.64. The van der Waals surface area contributed by atoms with E-state index in [9.17, 15) is 0 Å². The molecule has 78 valence electrons. The minimum Gasteiger partial charge on any atom is -0.329 e. The van der Waals surface area contributed by atoms with Gasteiger partial charge >= 0.3 is 0 Å². The van der Waals surface area contributed by atoms with Gasteiger partial charge in [0.05, 0.1) is 0 Å². The van der Waals surface area contributed by atoms with Crippen LogP contribution in [-0.4, -0.2) is 18.1 Å². The Morgan fingerprint density at radius 2 is 2.08 bits per heavy atom. The fourth-order valence-electron chi connectivity index (χ4n) is 2.17. The van der Waals surface area contributed by atoms with Crippen LogP contribution in [0.15, 0.2) is 0 Å². The molecule has 1 saturated carbocycles. The standard InChI is InChI=1S/C11H24N2/c1-10(2)6-5-9(7-10)13-11(3,4)8-12/h9,13H,5-8,12H2,1-4H3. The third-order valence-corrected chi connectivity index (χ3v) is 3.07. The van der Waals surface area contributed by atoms with Gasteiger partial charge in [0.25, 0.3) is 0 Å². The van der Waals surface area contributed by atoms with Crippen LogP contribution in [0.3, 0.4) is 0 Å². The normalized spacial score (nSPS) is 27.9. The van der Waals surface area contributed by atoms with Gasteiger partial charge in [-0.05, 0) is 38.5 Å². The van der Waals surface area contributed by atoms with Crippen LogP contribution in [0, 0.1) is 5.41 Å². The molecule has 0 heterocycles. The van der Waals surface area contributed by atoms with Gasteiger partial charge in [-0.1, -0.05) is 13.8 Å². The molecule has 1 aliphatic carbocycles. The molecule has 3 N–H and O–H groups in total. The Kier molecular flexibility index (Phi) is 3.03. The van der Waals surface area contributed by atoms with E-state index in [4.69, 9.17) is 5.73 Å². The predicted molar refractivity (Wildman–Crippen MR) is 57.7 cm³/mol. The van der Waals surface area contributed by atoms with Crippen molar-refractivity contribution < 1.29 is 0 Å². The van der Waals surface area contributed by atoms with Crippen molar-refractivity contribution in [1.29, 1.82) is 0 Å². The molecule has 0 aliphatic heterocycles. The minimum absolute atomic E-state index is 0.102. The Hall–Kier alpha value is -0.0800. The molecule has 1 atom stereocenters. The first-order valence-corrected chi connectivity index (χ1v) is 5.32. The van der Waals surface area contributed by atoms with Crippen LogP contribution >= 0.6 is 0 Å². The first-order valence-electron chi connectivity index (χ1n) is 5.32. The lowest BCUT2D eigenvalue weighted by Gasteiger charge is -2.29. The maximum absolute atomic E-state index is 5.69. The summed E-state index contributed by atoms with van der Waals surface area (Å²) >= 11 is 0. The first-order chi connectivity index (χ1) is 5.85. The fraction of sp³-hybridized carbons (Fsp3) is 1.00. The molecule has 0 bridgehead atoms. The molecule has 2 heteroatoms. The van der Waals surface area contributed by atoms with E-state index in [1.807, 2.05) is 0 Å². The second-order valence-electron chi connectivity index (χ2n) is 5.84.